The molecule has 1 aromatic heterocycles. The van der Waals surface area contributed by atoms with Crippen LogP contribution in [0.25, 0.3) is 0 Å². The molecule has 140 valence electrons. The average molecular weight is 348 g/mol. The molecule has 7 heteroatoms. The van der Waals surface area contributed by atoms with Crippen molar-refractivity contribution in [3.05, 3.63) is 18.5 Å². The largest absolute Gasteiger partial charge is 0.376 e. The van der Waals surface area contributed by atoms with Crippen molar-refractivity contribution >= 4 is 0 Å². The van der Waals surface area contributed by atoms with Crippen molar-refractivity contribution in [3.63, 3.8) is 0 Å². The lowest BCUT2D eigenvalue weighted by atomic mass is 10.0. The van der Waals surface area contributed by atoms with E-state index in [9.17, 15) is 0 Å². The Hall–Kier alpha value is -1.31. The number of piperazine rings is 1. The van der Waals surface area contributed by atoms with Crippen molar-refractivity contribution < 1.29 is 4.74 Å². The molecule has 25 heavy (non-hydrogen) atoms. The van der Waals surface area contributed by atoms with E-state index in [4.69, 9.17) is 4.74 Å². The molecule has 0 N–H and O–H groups in total. The first-order valence-electron chi connectivity index (χ1n) is 9.62. The molecule has 3 heterocycles. The van der Waals surface area contributed by atoms with Crippen LogP contribution in [-0.4, -0.2) is 75.4 Å². The number of aromatic nitrogens is 4. The standard InChI is InChI=1S/C18H32N6O/c1-4-7-22-8-10-23(11-9-22)17(13-15(2)3)18-19-20-21-24(18)14-16-6-5-12-25-16/h4,15-17H,1,5-14H2,2-3H3/t16-,17+/m0/s1. The lowest BCUT2D eigenvalue weighted by Crippen LogP contribution is -2.48. The van der Waals surface area contributed by atoms with Gasteiger partial charge < -0.3 is 4.74 Å². The van der Waals surface area contributed by atoms with Crippen molar-refractivity contribution in [2.75, 3.05) is 39.3 Å². The zero-order chi connectivity index (χ0) is 17.6. The molecular formula is C18H32N6O. The summed E-state index contributed by atoms with van der Waals surface area (Å²) in [6, 6.07) is 0.280. The van der Waals surface area contributed by atoms with Crippen LogP contribution in [0.1, 0.15) is 45.0 Å². The number of nitrogens with zero attached hydrogens (tertiary/aromatic N) is 6. The van der Waals surface area contributed by atoms with Gasteiger partial charge in [0.05, 0.1) is 18.7 Å². The molecule has 0 spiro atoms. The smallest absolute Gasteiger partial charge is 0.168 e. The molecule has 0 bridgehead atoms. The van der Waals surface area contributed by atoms with Gasteiger partial charge in [0.2, 0.25) is 0 Å². The molecule has 3 rings (SSSR count). The predicted molar refractivity (Wildman–Crippen MR) is 97.2 cm³/mol. The minimum absolute atomic E-state index is 0.256. The zero-order valence-corrected chi connectivity index (χ0v) is 15.7. The number of hydrogen-bond donors (Lipinski definition) is 0. The maximum atomic E-state index is 5.78. The van der Waals surface area contributed by atoms with Gasteiger partial charge in [0.25, 0.3) is 0 Å². The molecule has 2 fully saturated rings. The average Bonchev–Trinajstić information content (AvgIpc) is 3.26. The van der Waals surface area contributed by atoms with Crippen LogP contribution in [0.3, 0.4) is 0 Å². The molecule has 0 amide bonds. The summed E-state index contributed by atoms with van der Waals surface area (Å²) in [5.74, 6) is 1.60. The predicted octanol–water partition coefficient (Wildman–Crippen LogP) is 1.74. The molecule has 2 aliphatic rings. The van der Waals surface area contributed by atoms with Crippen LogP contribution in [0.2, 0.25) is 0 Å². The van der Waals surface area contributed by atoms with Gasteiger partial charge in [-0.2, -0.15) is 0 Å². The number of rotatable bonds is 8. The van der Waals surface area contributed by atoms with E-state index in [1.165, 1.54) is 0 Å². The fraction of sp³-hybridized carbons (Fsp3) is 0.833. The highest BCUT2D eigenvalue weighted by Crippen LogP contribution is 2.28. The van der Waals surface area contributed by atoms with Crippen LogP contribution in [0, 0.1) is 5.92 Å². The summed E-state index contributed by atoms with van der Waals surface area (Å²) in [4.78, 5) is 5.00. The molecule has 1 aromatic rings. The maximum absolute atomic E-state index is 5.78. The first-order chi connectivity index (χ1) is 12.2. The van der Waals surface area contributed by atoms with Gasteiger partial charge in [0.15, 0.2) is 5.82 Å². The summed E-state index contributed by atoms with van der Waals surface area (Å²) in [6.45, 7) is 15.3. The van der Waals surface area contributed by atoms with Gasteiger partial charge in [-0.15, -0.1) is 11.7 Å². The Balaban J connectivity index is 1.70. The molecular weight excluding hydrogens is 316 g/mol. The molecule has 0 radical (unpaired) electrons. The van der Waals surface area contributed by atoms with E-state index in [1.54, 1.807) is 0 Å². The molecule has 0 unspecified atom stereocenters. The molecule has 2 saturated heterocycles. The SMILES string of the molecule is C=CCN1CCN([C@H](CC(C)C)c2nnnn2C[C@@H]2CCCO2)CC1. The Morgan fingerprint density at radius 2 is 2.08 bits per heavy atom. The van der Waals surface area contributed by atoms with Crippen LogP contribution in [0.15, 0.2) is 12.7 Å². The highest BCUT2D eigenvalue weighted by molar-refractivity contribution is 4.96. The van der Waals surface area contributed by atoms with E-state index < -0.39 is 0 Å². The summed E-state index contributed by atoms with van der Waals surface area (Å²) in [7, 11) is 0. The van der Waals surface area contributed by atoms with E-state index >= 15 is 0 Å². The molecule has 0 aromatic carbocycles. The summed E-state index contributed by atoms with van der Waals surface area (Å²) in [6.07, 6.45) is 5.57. The van der Waals surface area contributed by atoms with Crippen molar-refractivity contribution in [1.82, 2.24) is 30.0 Å². The first kappa shape index (κ1) is 18.5. The summed E-state index contributed by atoms with van der Waals surface area (Å²) in [5, 5.41) is 12.7. The van der Waals surface area contributed by atoms with Crippen LogP contribution >= 0.6 is 0 Å². The van der Waals surface area contributed by atoms with Gasteiger partial charge in [-0.25, -0.2) is 4.68 Å². The van der Waals surface area contributed by atoms with Crippen LogP contribution < -0.4 is 0 Å². The number of hydrogen-bond acceptors (Lipinski definition) is 6. The maximum Gasteiger partial charge on any atom is 0.168 e. The Labute approximate surface area is 151 Å². The lowest BCUT2D eigenvalue weighted by Gasteiger charge is -2.39. The normalized spacial score (nSPS) is 24.0. The van der Waals surface area contributed by atoms with Gasteiger partial charge >= 0.3 is 0 Å². The third-order valence-electron chi connectivity index (χ3n) is 5.19. The van der Waals surface area contributed by atoms with Gasteiger partial charge in [0, 0.05) is 39.3 Å². The molecule has 2 aliphatic heterocycles. The Kier molecular flexibility index (Phi) is 6.56. The molecule has 7 nitrogen and oxygen atoms in total. The summed E-state index contributed by atoms with van der Waals surface area (Å²) in [5.41, 5.74) is 0. The van der Waals surface area contributed by atoms with E-state index in [0.29, 0.717) is 5.92 Å². The van der Waals surface area contributed by atoms with E-state index in [1.807, 2.05) is 10.8 Å². The van der Waals surface area contributed by atoms with E-state index in [0.717, 1.165) is 71.0 Å². The van der Waals surface area contributed by atoms with Crippen LogP contribution in [-0.2, 0) is 11.3 Å². The third-order valence-corrected chi connectivity index (χ3v) is 5.19. The third kappa shape index (κ3) is 4.86. The number of ether oxygens (including phenoxy) is 1. The molecule has 0 saturated carbocycles. The second-order valence-corrected chi connectivity index (χ2v) is 7.62. The Morgan fingerprint density at radius 3 is 2.72 bits per heavy atom. The zero-order valence-electron chi connectivity index (χ0n) is 15.7. The topological polar surface area (TPSA) is 59.3 Å². The van der Waals surface area contributed by atoms with Gasteiger partial charge in [-0.1, -0.05) is 19.9 Å². The Bertz CT molecular complexity index is 531. The van der Waals surface area contributed by atoms with Crippen molar-refractivity contribution in [2.45, 2.75) is 51.8 Å². The van der Waals surface area contributed by atoms with Crippen LogP contribution in [0.5, 0.6) is 0 Å². The van der Waals surface area contributed by atoms with E-state index in [-0.39, 0.29) is 12.1 Å². The number of tetrazole rings is 1. The summed E-state index contributed by atoms with van der Waals surface area (Å²) < 4.78 is 7.77. The fourth-order valence-electron chi connectivity index (χ4n) is 3.87. The summed E-state index contributed by atoms with van der Waals surface area (Å²) >= 11 is 0. The highest BCUT2D eigenvalue weighted by atomic mass is 16.5. The minimum Gasteiger partial charge on any atom is -0.376 e. The molecule has 0 aliphatic carbocycles. The molecule has 2 atom stereocenters. The van der Waals surface area contributed by atoms with Crippen LogP contribution in [0.4, 0.5) is 0 Å². The van der Waals surface area contributed by atoms with Crippen molar-refractivity contribution in [2.24, 2.45) is 5.92 Å². The van der Waals surface area contributed by atoms with Crippen molar-refractivity contribution in [3.8, 4) is 0 Å². The van der Waals surface area contributed by atoms with Crippen molar-refractivity contribution in [1.29, 1.82) is 0 Å². The lowest BCUT2D eigenvalue weighted by molar-refractivity contribution is 0.0756. The monoisotopic (exact) mass is 348 g/mol. The highest BCUT2D eigenvalue weighted by Gasteiger charge is 2.30. The fourth-order valence-corrected chi connectivity index (χ4v) is 3.87. The Morgan fingerprint density at radius 1 is 1.28 bits per heavy atom. The first-order valence-corrected chi connectivity index (χ1v) is 9.62. The van der Waals surface area contributed by atoms with E-state index in [2.05, 4.69) is 45.8 Å². The van der Waals surface area contributed by atoms with Gasteiger partial charge in [-0.3, -0.25) is 9.80 Å². The second kappa shape index (κ2) is 8.87. The minimum atomic E-state index is 0.256. The second-order valence-electron chi connectivity index (χ2n) is 7.62. The quantitative estimate of drug-likeness (QED) is 0.667. The van der Waals surface area contributed by atoms with Gasteiger partial charge in [0.1, 0.15) is 0 Å². The van der Waals surface area contributed by atoms with Gasteiger partial charge in [-0.05, 0) is 35.6 Å².